The second-order valence-electron chi connectivity index (χ2n) is 11.3. The Hall–Kier alpha value is -0.920. The molecule has 0 heterocycles. The van der Waals surface area contributed by atoms with E-state index in [2.05, 4.69) is 29.8 Å². The highest BCUT2D eigenvalue weighted by atomic mass is 79.9. The molecule has 4 aliphatic rings. The summed E-state index contributed by atoms with van der Waals surface area (Å²) in [5.41, 5.74) is 0.659. The molecule has 3 unspecified atom stereocenters. The van der Waals surface area contributed by atoms with Crippen molar-refractivity contribution < 1.29 is 29.3 Å². The van der Waals surface area contributed by atoms with Crippen molar-refractivity contribution in [3.8, 4) is 0 Å². The lowest BCUT2D eigenvalue weighted by atomic mass is 9.47. The van der Waals surface area contributed by atoms with E-state index in [0.29, 0.717) is 25.2 Å². The lowest BCUT2D eigenvalue weighted by molar-refractivity contribution is -0.169. The van der Waals surface area contributed by atoms with Crippen molar-refractivity contribution in [3.05, 3.63) is 11.6 Å². The van der Waals surface area contributed by atoms with Crippen LogP contribution in [0.3, 0.4) is 0 Å². The van der Waals surface area contributed by atoms with Crippen LogP contribution in [0.2, 0.25) is 0 Å². The molecule has 0 aromatic rings. The van der Waals surface area contributed by atoms with Gasteiger partial charge in [-0.3, -0.25) is 9.59 Å². The first-order valence-corrected chi connectivity index (χ1v) is 14.1. The van der Waals surface area contributed by atoms with Gasteiger partial charge in [0.05, 0.1) is 17.5 Å². The second-order valence-corrected chi connectivity index (χ2v) is 12.5. The Balaban J connectivity index is 1.56. The van der Waals surface area contributed by atoms with Gasteiger partial charge < -0.3 is 19.7 Å². The number of ether oxygens (including phenoxy) is 2. The van der Waals surface area contributed by atoms with Crippen LogP contribution < -0.4 is 0 Å². The van der Waals surface area contributed by atoms with E-state index < -0.39 is 11.5 Å². The Morgan fingerprint density at radius 2 is 1.91 bits per heavy atom. The van der Waals surface area contributed by atoms with Crippen LogP contribution in [-0.4, -0.2) is 51.9 Å². The number of hydrogen-bond donors (Lipinski definition) is 2. The Bertz CT molecular complexity index is 813. The van der Waals surface area contributed by atoms with Gasteiger partial charge in [-0.25, -0.2) is 0 Å². The summed E-state index contributed by atoms with van der Waals surface area (Å²) < 4.78 is 11.7. The molecule has 34 heavy (non-hydrogen) atoms. The number of fused-ring (bicyclic) bond motifs is 5. The molecule has 0 aromatic carbocycles. The Morgan fingerprint density at radius 1 is 1.15 bits per heavy atom. The lowest BCUT2D eigenvalue weighted by Gasteiger charge is -2.59. The van der Waals surface area contributed by atoms with Crippen LogP contribution in [0.4, 0.5) is 0 Å². The Labute approximate surface area is 212 Å². The molecule has 7 heteroatoms. The number of unbranched alkanes of at least 4 members (excludes halogenated alkanes) is 1. The molecule has 3 saturated carbocycles. The molecule has 9 atom stereocenters. The number of hydrogen-bond acceptors (Lipinski definition) is 6. The monoisotopic (exact) mass is 540 g/mol. The fourth-order valence-corrected chi connectivity index (χ4v) is 8.76. The summed E-state index contributed by atoms with van der Waals surface area (Å²) >= 11 is 3.76. The van der Waals surface area contributed by atoms with Crippen LogP contribution >= 0.6 is 15.9 Å². The van der Waals surface area contributed by atoms with Crippen LogP contribution in [0.1, 0.15) is 85.0 Å². The number of esters is 2. The molecule has 4 rings (SSSR count). The van der Waals surface area contributed by atoms with E-state index in [1.165, 1.54) is 5.57 Å². The zero-order chi connectivity index (χ0) is 24.7. The summed E-state index contributed by atoms with van der Waals surface area (Å²) in [6.07, 6.45) is 8.45. The molecule has 2 N–H and O–H groups in total. The maximum atomic E-state index is 12.2. The summed E-state index contributed by atoms with van der Waals surface area (Å²) in [5.74, 6) is 0.0327. The first-order valence-electron chi connectivity index (χ1n) is 13.2. The summed E-state index contributed by atoms with van der Waals surface area (Å²) in [6.45, 7) is 6.13. The number of halogens is 1. The molecular formula is C27H41BrO6. The standard InChI is InChI=1S/C27H41BrO6/c1-4-6-7-23(32)33-17-8-10-26(3)16(12-17)13-21(30)24-18(26)9-11-27(15-29)19(24)14-20(28)25(27)34-22(31)5-2/h13,17-21,24-25,29-30H,4-12,14-15H2,1-3H3/t17-,18?,19?,20+,21-,24?,25-,26-,27+/m0/s1. The molecule has 0 aliphatic heterocycles. The maximum Gasteiger partial charge on any atom is 0.306 e. The molecule has 0 amide bonds. The van der Waals surface area contributed by atoms with Crippen LogP contribution in [0.25, 0.3) is 0 Å². The highest BCUT2D eigenvalue weighted by Gasteiger charge is 2.65. The molecule has 0 spiro atoms. The zero-order valence-corrected chi connectivity index (χ0v) is 22.4. The number of carbonyl (C=O) groups is 2. The first-order chi connectivity index (χ1) is 16.2. The molecular weight excluding hydrogens is 500 g/mol. The van der Waals surface area contributed by atoms with Crippen LogP contribution in [0.15, 0.2) is 11.6 Å². The van der Waals surface area contributed by atoms with E-state index in [9.17, 15) is 19.8 Å². The third kappa shape index (κ3) is 4.39. The fourth-order valence-electron chi connectivity index (χ4n) is 7.73. The topological polar surface area (TPSA) is 93.1 Å². The lowest BCUT2D eigenvalue weighted by Crippen LogP contribution is -2.57. The van der Waals surface area contributed by atoms with Gasteiger partial charge in [0.2, 0.25) is 0 Å². The minimum Gasteiger partial charge on any atom is -0.462 e. The van der Waals surface area contributed by atoms with Crippen molar-refractivity contribution in [2.45, 2.75) is 108 Å². The van der Waals surface area contributed by atoms with E-state index in [4.69, 9.17) is 9.47 Å². The van der Waals surface area contributed by atoms with E-state index in [-0.39, 0.29) is 52.8 Å². The largest absolute Gasteiger partial charge is 0.462 e. The van der Waals surface area contributed by atoms with Crippen molar-refractivity contribution in [2.24, 2.45) is 28.6 Å². The summed E-state index contributed by atoms with van der Waals surface area (Å²) in [6, 6.07) is 0. The number of rotatable bonds is 7. The molecule has 0 aromatic heterocycles. The number of carbonyl (C=O) groups excluding carboxylic acids is 2. The predicted octanol–water partition coefficient (Wildman–Crippen LogP) is 4.69. The minimum atomic E-state index is -0.612. The number of alkyl halides is 1. The van der Waals surface area contributed by atoms with Gasteiger partial charge >= 0.3 is 11.9 Å². The molecule has 192 valence electrons. The van der Waals surface area contributed by atoms with Gasteiger partial charge in [-0.1, -0.05) is 54.8 Å². The number of aliphatic hydroxyl groups is 2. The van der Waals surface area contributed by atoms with Crippen molar-refractivity contribution >= 4 is 27.9 Å². The van der Waals surface area contributed by atoms with Gasteiger partial charge in [0, 0.05) is 24.7 Å². The molecule has 4 aliphatic carbocycles. The highest BCUT2D eigenvalue weighted by molar-refractivity contribution is 9.09. The summed E-state index contributed by atoms with van der Waals surface area (Å²) in [4.78, 5) is 24.4. The SMILES string of the molecule is CCCCC(=O)O[C@H]1CC[C@@]2(C)C(=C[C@H](O)C3C4C[C@@H](Br)[C@H](OC(=O)CC)[C@@]4(CO)CCC32)C1. The first kappa shape index (κ1) is 26.2. The van der Waals surface area contributed by atoms with Crippen LogP contribution in [-0.2, 0) is 19.1 Å². The quantitative estimate of drug-likeness (QED) is 0.276. The summed E-state index contributed by atoms with van der Waals surface area (Å²) in [7, 11) is 0. The van der Waals surface area contributed by atoms with E-state index in [0.717, 1.165) is 44.9 Å². The molecule has 6 nitrogen and oxygen atoms in total. The van der Waals surface area contributed by atoms with Gasteiger partial charge in [-0.05, 0) is 61.7 Å². The van der Waals surface area contributed by atoms with Gasteiger partial charge in [-0.15, -0.1) is 0 Å². The van der Waals surface area contributed by atoms with Crippen molar-refractivity contribution in [2.75, 3.05) is 6.61 Å². The maximum absolute atomic E-state index is 12.2. The second kappa shape index (κ2) is 10.2. The van der Waals surface area contributed by atoms with Gasteiger partial charge in [0.1, 0.15) is 12.2 Å². The zero-order valence-electron chi connectivity index (χ0n) is 20.8. The third-order valence-electron chi connectivity index (χ3n) is 9.59. The van der Waals surface area contributed by atoms with Crippen molar-refractivity contribution in [3.63, 3.8) is 0 Å². The molecule has 0 radical (unpaired) electrons. The van der Waals surface area contributed by atoms with Gasteiger partial charge in [0.15, 0.2) is 0 Å². The van der Waals surface area contributed by atoms with Crippen LogP contribution in [0.5, 0.6) is 0 Å². The highest BCUT2D eigenvalue weighted by Crippen LogP contribution is 2.66. The minimum absolute atomic E-state index is 0.0173. The molecule has 3 fully saturated rings. The summed E-state index contributed by atoms with van der Waals surface area (Å²) in [5, 5.41) is 22.0. The van der Waals surface area contributed by atoms with E-state index in [1.807, 2.05) is 6.08 Å². The predicted molar refractivity (Wildman–Crippen MR) is 132 cm³/mol. The Morgan fingerprint density at radius 3 is 2.59 bits per heavy atom. The smallest absolute Gasteiger partial charge is 0.306 e. The fraction of sp³-hybridized carbons (Fsp3) is 0.852. The number of aliphatic hydroxyl groups excluding tert-OH is 2. The van der Waals surface area contributed by atoms with Crippen LogP contribution in [0, 0.1) is 28.6 Å². The normalized spacial score (nSPS) is 43.2. The van der Waals surface area contributed by atoms with E-state index in [1.54, 1.807) is 6.92 Å². The van der Waals surface area contributed by atoms with Crippen molar-refractivity contribution in [1.82, 2.24) is 0 Å². The van der Waals surface area contributed by atoms with Gasteiger partial charge in [0.25, 0.3) is 0 Å². The van der Waals surface area contributed by atoms with Gasteiger partial charge in [-0.2, -0.15) is 0 Å². The average molecular weight is 542 g/mol. The average Bonchev–Trinajstić information content (AvgIpc) is 3.10. The Kier molecular flexibility index (Phi) is 7.86. The molecule has 0 bridgehead atoms. The molecule has 0 saturated heterocycles. The van der Waals surface area contributed by atoms with E-state index >= 15 is 0 Å². The third-order valence-corrected chi connectivity index (χ3v) is 10.4. The van der Waals surface area contributed by atoms with Crippen molar-refractivity contribution in [1.29, 1.82) is 0 Å².